The molecule has 0 saturated carbocycles. The van der Waals surface area contributed by atoms with Crippen molar-refractivity contribution >= 4 is 11.8 Å². The molecule has 2 aromatic heterocycles. The molecule has 1 saturated heterocycles. The van der Waals surface area contributed by atoms with Crippen molar-refractivity contribution in [3.05, 3.63) is 72.6 Å². The maximum atomic E-state index is 5.91. The highest BCUT2D eigenvalue weighted by molar-refractivity contribution is 7.98. The molecule has 0 spiro atoms. The van der Waals surface area contributed by atoms with Crippen LogP contribution in [0, 0.1) is 0 Å². The number of rotatable bonds is 8. The maximum Gasteiger partial charge on any atom is 0.191 e. The van der Waals surface area contributed by atoms with Gasteiger partial charge in [0.05, 0.1) is 25.4 Å². The Morgan fingerprint density at radius 1 is 1.09 bits per heavy atom. The summed E-state index contributed by atoms with van der Waals surface area (Å²) in [5.41, 5.74) is 3.29. The molecule has 32 heavy (non-hydrogen) atoms. The van der Waals surface area contributed by atoms with Gasteiger partial charge < -0.3 is 9.47 Å². The monoisotopic (exact) mass is 447 g/mol. The molecule has 3 heterocycles. The standard InChI is InChI=1S/C24H25N5O2S/c1-30-21-11-7-19(8-12-21)23-26-27-24(28(23)16-22-4-2-15-31-22)32-17-18-5-9-20(10-6-18)29-14-3-13-25-29/h3,5-14,22H,2,4,15-17H2,1H3. The zero-order chi connectivity index (χ0) is 21.8. The highest BCUT2D eigenvalue weighted by Gasteiger charge is 2.22. The van der Waals surface area contributed by atoms with Crippen molar-refractivity contribution < 1.29 is 9.47 Å². The number of aromatic nitrogens is 5. The fraction of sp³-hybridized carbons (Fsp3) is 0.292. The van der Waals surface area contributed by atoms with Gasteiger partial charge in [-0.15, -0.1) is 10.2 Å². The van der Waals surface area contributed by atoms with Gasteiger partial charge >= 0.3 is 0 Å². The van der Waals surface area contributed by atoms with E-state index in [0.29, 0.717) is 0 Å². The molecule has 1 aliphatic heterocycles. The molecule has 0 bridgehead atoms. The molecule has 7 nitrogen and oxygen atoms in total. The van der Waals surface area contributed by atoms with Crippen molar-refractivity contribution in [2.75, 3.05) is 13.7 Å². The lowest BCUT2D eigenvalue weighted by Crippen LogP contribution is -2.16. The number of hydrogen-bond acceptors (Lipinski definition) is 6. The number of methoxy groups -OCH3 is 1. The van der Waals surface area contributed by atoms with Crippen LogP contribution in [0.2, 0.25) is 0 Å². The Bertz CT molecular complexity index is 1130. The highest BCUT2D eigenvalue weighted by atomic mass is 32.2. The minimum Gasteiger partial charge on any atom is -0.497 e. The molecule has 0 N–H and O–H groups in total. The van der Waals surface area contributed by atoms with Crippen molar-refractivity contribution in [1.82, 2.24) is 24.5 Å². The molecule has 1 unspecified atom stereocenters. The summed E-state index contributed by atoms with van der Waals surface area (Å²) in [6, 6.07) is 18.3. The molecule has 0 aliphatic carbocycles. The Kier molecular flexibility index (Phi) is 6.22. The lowest BCUT2D eigenvalue weighted by atomic mass is 10.2. The van der Waals surface area contributed by atoms with E-state index < -0.39 is 0 Å². The van der Waals surface area contributed by atoms with Gasteiger partial charge in [-0.25, -0.2) is 4.68 Å². The van der Waals surface area contributed by atoms with E-state index in [1.807, 2.05) is 41.2 Å². The van der Waals surface area contributed by atoms with Crippen LogP contribution in [-0.2, 0) is 17.0 Å². The van der Waals surface area contributed by atoms with Crippen LogP contribution in [0.25, 0.3) is 17.1 Å². The van der Waals surface area contributed by atoms with Crippen LogP contribution < -0.4 is 4.74 Å². The SMILES string of the molecule is COc1ccc(-c2nnc(SCc3ccc(-n4cccn4)cc3)n2CC2CCCO2)cc1. The van der Waals surface area contributed by atoms with Crippen LogP contribution in [0.4, 0.5) is 0 Å². The first-order chi connectivity index (χ1) is 15.8. The van der Waals surface area contributed by atoms with Crippen LogP contribution in [0.5, 0.6) is 5.75 Å². The number of thioether (sulfide) groups is 1. The lowest BCUT2D eigenvalue weighted by Gasteiger charge is -2.15. The molecule has 4 aromatic rings. The van der Waals surface area contributed by atoms with Gasteiger partial charge in [-0.3, -0.25) is 4.57 Å². The third-order valence-electron chi connectivity index (χ3n) is 5.55. The van der Waals surface area contributed by atoms with E-state index >= 15 is 0 Å². The normalized spacial score (nSPS) is 15.8. The number of benzene rings is 2. The summed E-state index contributed by atoms with van der Waals surface area (Å²) in [5.74, 6) is 2.50. The number of ether oxygens (including phenoxy) is 2. The van der Waals surface area contributed by atoms with Crippen LogP contribution >= 0.6 is 11.8 Å². The highest BCUT2D eigenvalue weighted by Crippen LogP contribution is 2.29. The third-order valence-corrected chi connectivity index (χ3v) is 6.59. The Morgan fingerprint density at radius 2 is 1.94 bits per heavy atom. The number of nitrogens with zero attached hydrogens (tertiary/aromatic N) is 5. The van der Waals surface area contributed by atoms with Crippen molar-refractivity contribution in [2.24, 2.45) is 0 Å². The minimum atomic E-state index is 0.204. The first kappa shape index (κ1) is 20.8. The first-order valence-electron chi connectivity index (χ1n) is 10.7. The van der Waals surface area contributed by atoms with E-state index in [4.69, 9.17) is 9.47 Å². The molecule has 5 rings (SSSR count). The van der Waals surface area contributed by atoms with E-state index in [-0.39, 0.29) is 6.10 Å². The molecular weight excluding hydrogens is 422 g/mol. The van der Waals surface area contributed by atoms with Crippen LogP contribution in [0.1, 0.15) is 18.4 Å². The summed E-state index contributed by atoms with van der Waals surface area (Å²) in [6.07, 6.45) is 6.11. The van der Waals surface area contributed by atoms with Crippen LogP contribution in [0.15, 0.2) is 72.1 Å². The second-order valence-corrected chi connectivity index (χ2v) is 8.63. The Morgan fingerprint density at radius 3 is 2.62 bits per heavy atom. The lowest BCUT2D eigenvalue weighted by molar-refractivity contribution is 0.0953. The van der Waals surface area contributed by atoms with E-state index in [0.717, 1.165) is 59.7 Å². The predicted octanol–water partition coefficient (Wildman–Crippen LogP) is 4.61. The average molecular weight is 448 g/mol. The largest absolute Gasteiger partial charge is 0.497 e. The molecule has 8 heteroatoms. The molecule has 2 aromatic carbocycles. The molecular formula is C24H25N5O2S. The molecule has 1 atom stereocenters. The van der Waals surface area contributed by atoms with Gasteiger partial charge in [-0.1, -0.05) is 23.9 Å². The van der Waals surface area contributed by atoms with E-state index in [2.05, 4.69) is 44.1 Å². The molecule has 1 aliphatic rings. The van der Waals surface area contributed by atoms with Crippen molar-refractivity contribution in [1.29, 1.82) is 0 Å². The summed E-state index contributed by atoms with van der Waals surface area (Å²) < 4.78 is 15.3. The summed E-state index contributed by atoms with van der Waals surface area (Å²) >= 11 is 1.70. The third kappa shape index (κ3) is 4.56. The first-order valence-corrected chi connectivity index (χ1v) is 11.7. The number of hydrogen-bond donors (Lipinski definition) is 0. The minimum absolute atomic E-state index is 0.204. The van der Waals surface area contributed by atoms with E-state index in [1.54, 1.807) is 25.1 Å². The smallest absolute Gasteiger partial charge is 0.191 e. The van der Waals surface area contributed by atoms with Crippen LogP contribution in [0.3, 0.4) is 0 Å². The topological polar surface area (TPSA) is 67.0 Å². The second-order valence-electron chi connectivity index (χ2n) is 7.69. The molecule has 164 valence electrons. The van der Waals surface area contributed by atoms with Gasteiger partial charge in [-0.2, -0.15) is 5.10 Å². The van der Waals surface area contributed by atoms with Gasteiger partial charge in [0.1, 0.15) is 5.75 Å². The Hall–Kier alpha value is -3.10. The van der Waals surface area contributed by atoms with E-state index in [9.17, 15) is 0 Å². The fourth-order valence-electron chi connectivity index (χ4n) is 3.82. The predicted molar refractivity (Wildman–Crippen MR) is 124 cm³/mol. The fourth-order valence-corrected chi connectivity index (χ4v) is 4.72. The average Bonchev–Trinajstić information content (AvgIpc) is 3.61. The zero-order valence-electron chi connectivity index (χ0n) is 17.9. The maximum absolute atomic E-state index is 5.91. The van der Waals surface area contributed by atoms with E-state index in [1.165, 1.54) is 5.56 Å². The van der Waals surface area contributed by atoms with Gasteiger partial charge in [0.2, 0.25) is 0 Å². The summed E-state index contributed by atoms with van der Waals surface area (Å²) in [5, 5.41) is 14.2. The zero-order valence-corrected chi connectivity index (χ0v) is 18.7. The van der Waals surface area contributed by atoms with Crippen LogP contribution in [-0.4, -0.2) is 44.4 Å². The Labute approximate surface area is 191 Å². The second kappa shape index (κ2) is 9.58. The van der Waals surface area contributed by atoms with Gasteiger partial charge in [0.15, 0.2) is 11.0 Å². The van der Waals surface area contributed by atoms with Crippen molar-refractivity contribution in [3.8, 4) is 22.8 Å². The molecule has 0 amide bonds. The summed E-state index contributed by atoms with van der Waals surface area (Å²) in [4.78, 5) is 0. The summed E-state index contributed by atoms with van der Waals surface area (Å²) in [7, 11) is 1.67. The van der Waals surface area contributed by atoms with Crippen molar-refractivity contribution in [2.45, 2.75) is 36.4 Å². The summed E-state index contributed by atoms with van der Waals surface area (Å²) in [6.45, 7) is 1.59. The van der Waals surface area contributed by atoms with Gasteiger partial charge in [0, 0.05) is 30.3 Å². The molecule has 1 fully saturated rings. The van der Waals surface area contributed by atoms with Gasteiger partial charge in [-0.05, 0) is 60.9 Å². The van der Waals surface area contributed by atoms with Gasteiger partial charge in [0.25, 0.3) is 0 Å². The van der Waals surface area contributed by atoms with Crippen molar-refractivity contribution in [3.63, 3.8) is 0 Å². The Balaban J connectivity index is 1.35. The molecule has 0 radical (unpaired) electrons. The quantitative estimate of drug-likeness (QED) is 0.368.